The van der Waals surface area contributed by atoms with Gasteiger partial charge >= 0.3 is 0 Å². The lowest BCUT2D eigenvalue weighted by molar-refractivity contribution is -0.384. The summed E-state index contributed by atoms with van der Waals surface area (Å²) >= 11 is 3.34. The molecule has 0 amide bonds. The van der Waals surface area contributed by atoms with E-state index >= 15 is 0 Å². The molecule has 0 aliphatic heterocycles. The van der Waals surface area contributed by atoms with Gasteiger partial charge < -0.3 is 10.8 Å². The largest absolute Gasteiger partial charge is 0.399 e. The zero-order chi connectivity index (χ0) is 29.7. The van der Waals surface area contributed by atoms with E-state index in [0.29, 0.717) is 0 Å². The lowest BCUT2D eigenvalue weighted by Gasteiger charge is -2.02. The van der Waals surface area contributed by atoms with Crippen molar-refractivity contribution in [3.05, 3.63) is 105 Å². The summed E-state index contributed by atoms with van der Waals surface area (Å²) in [6, 6.07) is 23.4. The third-order valence-electron chi connectivity index (χ3n) is 6.22. The maximum Gasteiger partial charge on any atom is 0.269 e. The van der Waals surface area contributed by atoms with Crippen LogP contribution in [0.1, 0.15) is 29.2 Å². The number of nitrogens with zero attached hydrogens (tertiary/aromatic N) is 3. The Hall–Kier alpha value is -4.18. The second-order valence-corrected chi connectivity index (χ2v) is 11.7. The molecule has 2 heterocycles. The van der Waals surface area contributed by atoms with Gasteiger partial charge in [0.2, 0.25) is 0 Å². The van der Waals surface area contributed by atoms with Crippen LogP contribution in [0.15, 0.2) is 72.8 Å². The molecule has 0 unspecified atom stereocenters. The van der Waals surface area contributed by atoms with Gasteiger partial charge in [0.05, 0.1) is 25.4 Å². The van der Waals surface area contributed by atoms with Crippen molar-refractivity contribution in [2.45, 2.75) is 34.6 Å². The zero-order valence-electron chi connectivity index (χ0n) is 23.6. The number of rotatable bonds is 3. The Kier molecular flexibility index (Phi) is 9.44. The predicted molar refractivity (Wildman–Crippen MR) is 173 cm³/mol. The molecule has 210 valence electrons. The molecule has 0 aliphatic rings. The lowest BCUT2D eigenvalue weighted by Crippen LogP contribution is -1.90. The number of nitro benzene ring substituents is 1. The summed E-state index contributed by atoms with van der Waals surface area (Å²) in [4.78, 5) is 19.7. The Morgan fingerprint density at radius 2 is 1.22 bits per heavy atom. The summed E-state index contributed by atoms with van der Waals surface area (Å²) < 4.78 is 2.37. The minimum absolute atomic E-state index is 0.114. The van der Waals surface area contributed by atoms with E-state index in [1.54, 1.807) is 41.7 Å². The molecule has 9 heteroatoms. The van der Waals surface area contributed by atoms with Crippen LogP contribution in [0.5, 0.6) is 0 Å². The van der Waals surface area contributed by atoms with Crippen molar-refractivity contribution in [3.8, 4) is 21.1 Å². The van der Waals surface area contributed by atoms with Gasteiger partial charge in [-0.15, -0.1) is 22.7 Å². The molecule has 0 saturated heterocycles. The fourth-order valence-corrected chi connectivity index (χ4v) is 6.53. The van der Waals surface area contributed by atoms with Crippen molar-refractivity contribution in [1.82, 2.24) is 9.97 Å². The van der Waals surface area contributed by atoms with Gasteiger partial charge in [0.25, 0.3) is 5.69 Å². The number of hydrogen-bond donors (Lipinski definition) is 2. The van der Waals surface area contributed by atoms with Gasteiger partial charge in [-0.1, -0.05) is 12.1 Å². The number of fused-ring (bicyclic) bond motifs is 2. The van der Waals surface area contributed by atoms with Crippen LogP contribution < -0.4 is 5.73 Å². The summed E-state index contributed by atoms with van der Waals surface area (Å²) in [5.74, 6) is 0. The van der Waals surface area contributed by atoms with Gasteiger partial charge in [0.1, 0.15) is 10.0 Å². The van der Waals surface area contributed by atoms with Crippen LogP contribution in [0.2, 0.25) is 0 Å². The number of nitro groups is 1. The van der Waals surface area contributed by atoms with E-state index in [9.17, 15) is 10.1 Å². The van der Waals surface area contributed by atoms with E-state index < -0.39 is 0 Å². The van der Waals surface area contributed by atoms with Gasteiger partial charge in [-0.3, -0.25) is 10.1 Å². The molecule has 41 heavy (non-hydrogen) atoms. The average Bonchev–Trinajstić information content (AvgIpc) is 3.52. The summed E-state index contributed by atoms with van der Waals surface area (Å²) in [5.41, 5.74) is 15.4. The molecule has 0 saturated carbocycles. The Balaban J connectivity index is 0.000000173. The third-order valence-corrected chi connectivity index (χ3v) is 8.32. The van der Waals surface area contributed by atoms with E-state index in [1.165, 1.54) is 33.0 Å². The number of aryl methyl sites for hydroxylation is 4. The fraction of sp³-hybridized carbons (Fsp3) is 0.188. The van der Waals surface area contributed by atoms with Crippen molar-refractivity contribution >= 4 is 54.5 Å². The Morgan fingerprint density at radius 1 is 0.756 bits per heavy atom. The summed E-state index contributed by atoms with van der Waals surface area (Å²) in [6.45, 7) is 10.0. The monoisotopic (exact) mass is 584 g/mol. The number of aliphatic hydroxyl groups is 1. The number of hydrogen-bond acceptors (Lipinski definition) is 8. The summed E-state index contributed by atoms with van der Waals surface area (Å²) in [5, 5.41) is 20.3. The number of thiazole rings is 2. The van der Waals surface area contributed by atoms with Crippen LogP contribution in [0.4, 0.5) is 11.4 Å². The number of benzene rings is 4. The standard InChI is InChI=1S/C15H12N2O2S.C15H14N2S.C2H6O/c1-9-3-6-13-14(7-9)20-15(16-13)12-5-4-11(17(18)19)8-10(12)2;1-9-3-6-13-14(7-9)18-15(17-13)12-5-4-11(16)8-10(12)2;1-2-3/h3-8H,1-2H3;3-8H,16H2,1-2H3;3H,2H2,1H3. The molecular weight excluding hydrogens is 553 g/mol. The molecule has 2 aromatic heterocycles. The van der Waals surface area contributed by atoms with Crippen LogP contribution in [-0.4, -0.2) is 26.6 Å². The first-order chi connectivity index (χ1) is 19.6. The molecule has 4 aromatic carbocycles. The number of aromatic nitrogens is 2. The molecule has 0 atom stereocenters. The lowest BCUT2D eigenvalue weighted by atomic mass is 10.1. The van der Waals surface area contributed by atoms with E-state index in [1.807, 2.05) is 31.2 Å². The first kappa shape index (κ1) is 29.8. The molecule has 0 fully saturated rings. The van der Waals surface area contributed by atoms with Gasteiger partial charge in [-0.2, -0.15) is 0 Å². The predicted octanol–water partition coefficient (Wildman–Crippen LogP) is 8.65. The number of nitrogens with two attached hydrogens (primary N) is 1. The highest BCUT2D eigenvalue weighted by Gasteiger charge is 2.13. The molecule has 7 nitrogen and oxygen atoms in total. The van der Waals surface area contributed by atoms with Crippen LogP contribution in [0.25, 0.3) is 41.6 Å². The fourth-order valence-electron chi connectivity index (χ4n) is 4.22. The van der Waals surface area contributed by atoms with Crippen molar-refractivity contribution < 1.29 is 10.0 Å². The van der Waals surface area contributed by atoms with E-state index in [4.69, 9.17) is 15.8 Å². The maximum absolute atomic E-state index is 10.8. The Morgan fingerprint density at radius 3 is 1.66 bits per heavy atom. The van der Waals surface area contributed by atoms with Crippen LogP contribution >= 0.6 is 22.7 Å². The highest BCUT2D eigenvalue weighted by atomic mass is 32.1. The summed E-state index contributed by atoms with van der Waals surface area (Å²) in [6.07, 6.45) is 0. The second-order valence-electron chi connectivity index (χ2n) is 9.63. The van der Waals surface area contributed by atoms with Crippen molar-refractivity contribution in [3.63, 3.8) is 0 Å². The smallest absolute Gasteiger partial charge is 0.269 e. The minimum Gasteiger partial charge on any atom is -0.399 e. The zero-order valence-corrected chi connectivity index (χ0v) is 25.3. The van der Waals surface area contributed by atoms with Crippen molar-refractivity contribution in [1.29, 1.82) is 0 Å². The normalized spacial score (nSPS) is 10.6. The first-order valence-electron chi connectivity index (χ1n) is 13.1. The SMILES string of the molecule is CCO.Cc1ccc2nc(-c3ccc(N)cc3C)sc2c1.Cc1ccc2nc(-c3ccc([N+](=O)[O-])cc3C)sc2c1. The van der Waals surface area contributed by atoms with Crippen molar-refractivity contribution in [2.24, 2.45) is 0 Å². The van der Waals surface area contributed by atoms with E-state index in [-0.39, 0.29) is 17.2 Å². The molecule has 6 rings (SSSR count). The van der Waals surface area contributed by atoms with Crippen LogP contribution in [-0.2, 0) is 0 Å². The Bertz CT molecular complexity index is 1840. The van der Waals surface area contributed by atoms with Gasteiger partial charge in [-0.25, -0.2) is 9.97 Å². The van der Waals surface area contributed by atoms with Crippen LogP contribution in [0, 0.1) is 37.8 Å². The van der Waals surface area contributed by atoms with Crippen LogP contribution in [0.3, 0.4) is 0 Å². The maximum atomic E-state index is 10.8. The van der Waals surface area contributed by atoms with Gasteiger partial charge in [0.15, 0.2) is 0 Å². The molecule has 0 aliphatic carbocycles. The van der Waals surface area contributed by atoms with Gasteiger partial charge in [-0.05, 0) is 105 Å². The van der Waals surface area contributed by atoms with E-state index in [0.717, 1.165) is 42.6 Å². The second kappa shape index (κ2) is 13.0. The van der Waals surface area contributed by atoms with Crippen molar-refractivity contribution in [2.75, 3.05) is 12.3 Å². The molecule has 0 spiro atoms. The number of aliphatic hydroxyl groups excluding tert-OH is 1. The van der Waals surface area contributed by atoms with Gasteiger partial charge in [0, 0.05) is 35.6 Å². The topological polar surface area (TPSA) is 115 Å². The summed E-state index contributed by atoms with van der Waals surface area (Å²) in [7, 11) is 0. The molecule has 6 aromatic rings. The molecule has 3 N–H and O–H groups in total. The number of nitrogen functional groups attached to an aromatic ring is 1. The molecule has 0 radical (unpaired) electrons. The third kappa shape index (κ3) is 7.13. The average molecular weight is 585 g/mol. The highest BCUT2D eigenvalue weighted by molar-refractivity contribution is 7.22. The minimum atomic E-state index is -0.376. The quantitative estimate of drug-likeness (QED) is 0.122. The number of anilines is 1. The first-order valence-corrected chi connectivity index (χ1v) is 14.7. The Labute approximate surface area is 247 Å². The highest BCUT2D eigenvalue weighted by Crippen LogP contribution is 2.34. The number of non-ortho nitro benzene ring substituents is 1. The molecular formula is C32H32N4O3S2. The molecule has 0 bridgehead atoms. The van der Waals surface area contributed by atoms with E-state index in [2.05, 4.69) is 56.1 Å².